The maximum Gasteiger partial charge on any atom is 0.280 e. The van der Waals surface area contributed by atoms with E-state index in [1.807, 2.05) is 0 Å². The summed E-state index contributed by atoms with van der Waals surface area (Å²) in [6, 6.07) is 4.98. The van der Waals surface area contributed by atoms with Gasteiger partial charge >= 0.3 is 0 Å². The van der Waals surface area contributed by atoms with E-state index in [1.54, 1.807) is 18.2 Å². The number of nitrogens with two attached hydrogens (primary N) is 1. The third kappa shape index (κ3) is 1.25. The highest BCUT2D eigenvalue weighted by Crippen LogP contribution is 2.32. The van der Waals surface area contributed by atoms with E-state index in [9.17, 15) is 9.59 Å². The van der Waals surface area contributed by atoms with Crippen LogP contribution in [0.15, 0.2) is 18.2 Å². The molecule has 0 saturated heterocycles. The Labute approximate surface area is 107 Å². The minimum Gasteiger partial charge on any atom is -0.383 e. The Hall–Kier alpha value is -2.14. The number of nitrogens with zero attached hydrogens (tertiary/aromatic N) is 2. The minimum atomic E-state index is -0.441. The second-order valence-electron chi connectivity index (χ2n) is 4.08. The van der Waals surface area contributed by atoms with Gasteiger partial charge in [0.05, 0.1) is 5.56 Å². The van der Waals surface area contributed by atoms with Gasteiger partial charge in [0.25, 0.3) is 11.8 Å². The lowest BCUT2D eigenvalue weighted by atomic mass is 10.0. The highest BCUT2D eigenvalue weighted by atomic mass is 35.5. The number of halogens is 1. The number of hydrogen-bond donors (Lipinski definition) is 1. The molecule has 18 heavy (non-hydrogen) atoms. The van der Waals surface area contributed by atoms with Crippen LogP contribution < -0.4 is 5.73 Å². The predicted octanol–water partition coefficient (Wildman–Crippen LogP) is 1.70. The van der Waals surface area contributed by atoms with E-state index in [4.69, 9.17) is 17.3 Å². The predicted molar refractivity (Wildman–Crippen MR) is 67.6 cm³/mol. The Balaban J connectivity index is 2.50. The molecule has 0 radical (unpaired) electrons. The number of hydrogen-bond acceptors (Lipinski definition) is 4. The van der Waals surface area contributed by atoms with Gasteiger partial charge in [-0.3, -0.25) is 14.5 Å². The summed E-state index contributed by atoms with van der Waals surface area (Å²) in [7, 11) is 1.42. The number of aromatic nitrogens is 1. The van der Waals surface area contributed by atoms with Crippen LogP contribution in [0.3, 0.4) is 0 Å². The standard InChI is InChI=1S/C12H8ClN3O2/c1-16-11(17)8-7-4-5(13)2-3-6(7)10(14)15-9(8)12(16)18/h2-4H,1H3,(H2,14,15). The summed E-state index contributed by atoms with van der Waals surface area (Å²) < 4.78 is 0. The number of amides is 2. The first-order valence-electron chi connectivity index (χ1n) is 5.22. The molecule has 6 heteroatoms. The van der Waals surface area contributed by atoms with E-state index >= 15 is 0 Å². The number of benzene rings is 1. The number of anilines is 1. The van der Waals surface area contributed by atoms with Crippen molar-refractivity contribution in [1.29, 1.82) is 0 Å². The highest BCUT2D eigenvalue weighted by Gasteiger charge is 2.36. The smallest absolute Gasteiger partial charge is 0.280 e. The molecule has 1 aliphatic rings. The molecule has 0 fully saturated rings. The molecule has 2 heterocycles. The van der Waals surface area contributed by atoms with E-state index in [-0.39, 0.29) is 23.0 Å². The average Bonchev–Trinajstić information content (AvgIpc) is 2.54. The van der Waals surface area contributed by atoms with E-state index in [2.05, 4.69) is 4.98 Å². The summed E-state index contributed by atoms with van der Waals surface area (Å²) in [6.45, 7) is 0. The zero-order valence-electron chi connectivity index (χ0n) is 9.40. The van der Waals surface area contributed by atoms with Crippen molar-refractivity contribution >= 4 is 40.0 Å². The van der Waals surface area contributed by atoms with Crippen molar-refractivity contribution in [2.75, 3.05) is 12.8 Å². The monoisotopic (exact) mass is 261 g/mol. The zero-order valence-corrected chi connectivity index (χ0v) is 10.2. The lowest BCUT2D eigenvalue weighted by Gasteiger charge is -2.05. The molecule has 0 saturated carbocycles. The average molecular weight is 262 g/mol. The van der Waals surface area contributed by atoms with Gasteiger partial charge in [-0.2, -0.15) is 0 Å². The summed E-state index contributed by atoms with van der Waals surface area (Å²) in [4.78, 5) is 28.9. The van der Waals surface area contributed by atoms with E-state index in [1.165, 1.54) is 7.05 Å². The van der Waals surface area contributed by atoms with Crippen LogP contribution in [0, 0.1) is 0 Å². The molecule has 5 nitrogen and oxygen atoms in total. The zero-order chi connectivity index (χ0) is 13.0. The first kappa shape index (κ1) is 11.0. The summed E-state index contributed by atoms with van der Waals surface area (Å²) in [5.74, 6) is -0.602. The van der Waals surface area contributed by atoms with Gasteiger partial charge in [0.2, 0.25) is 0 Å². The van der Waals surface area contributed by atoms with E-state index in [0.29, 0.717) is 15.8 Å². The van der Waals surface area contributed by atoms with Crippen LogP contribution in [0.1, 0.15) is 20.8 Å². The van der Waals surface area contributed by atoms with Gasteiger partial charge in [-0.1, -0.05) is 11.6 Å². The molecule has 2 N–H and O–H groups in total. The fourth-order valence-corrected chi connectivity index (χ4v) is 2.27. The van der Waals surface area contributed by atoms with Gasteiger partial charge < -0.3 is 5.73 Å². The number of nitrogen functional groups attached to an aromatic ring is 1. The third-order valence-corrected chi connectivity index (χ3v) is 3.26. The Kier molecular flexibility index (Phi) is 2.09. The summed E-state index contributed by atoms with van der Waals surface area (Å²) in [5, 5.41) is 1.66. The molecule has 3 rings (SSSR count). The van der Waals surface area contributed by atoms with E-state index in [0.717, 1.165) is 4.90 Å². The molecule has 1 aromatic carbocycles. The van der Waals surface area contributed by atoms with Crippen LogP contribution in [0.2, 0.25) is 5.02 Å². The van der Waals surface area contributed by atoms with Gasteiger partial charge in [-0.05, 0) is 18.2 Å². The van der Waals surface area contributed by atoms with Crippen LogP contribution in [0.25, 0.3) is 10.8 Å². The van der Waals surface area contributed by atoms with Gasteiger partial charge in [0.1, 0.15) is 11.5 Å². The van der Waals surface area contributed by atoms with Gasteiger partial charge in [-0.15, -0.1) is 0 Å². The van der Waals surface area contributed by atoms with Crippen molar-refractivity contribution in [2.45, 2.75) is 0 Å². The van der Waals surface area contributed by atoms with Crippen LogP contribution in [-0.2, 0) is 0 Å². The molecule has 0 spiro atoms. The molecule has 0 bridgehead atoms. The fourth-order valence-electron chi connectivity index (χ4n) is 2.10. The number of carbonyl (C=O) groups excluding carboxylic acids is 2. The molecule has 2 aromatic rings. The first-order valence-corrected chi connectivity index (χ1v) is 5.59. The maximum absolute atomic E-state index is 12.0. The lowest BCUT2D eigenvalue weighted by molar-refractivity contribution is 0.0692. The Morgan fingerprint density at radius 3 is 2.67 bits per heavy atom. The van der Waals surface area contributed by atoms with Gasteiger partial charge in [0, 0.05) is 22.8 Å². The largest absolute Gasteiger partial charge is 0.383 e. The second-order valence-corrected chi connectivity index (χ2v) is 4.52. The Morgan fingerprint density at radius 2 is 1.94 bits per heavy atom. The van der Waals surface area contributed by atoms with Gasteiger partial charge in [-0.25, -0.2) is 4.98 Å². The molecule has 2 amide bonds. The molecular formula is C12H8ClN3O2. The van der Waals surface area contributed by atoms with Crippen LogP contribution >= 0.6 is 11.6 Å². The number of imide groups is 1. The molecule has 1 aromatic heterocycles. The van der Waals surface area contributed by atoms with Crippen molar-refractivity contribution < 1.29 is 9.59 Å². The topological polar surface area (TPSA) is 76.3 Å². The van der Waals surface area contributed by atoms with Crippen LogP contribution in [0.5, 0.6) is 0 Å². The van der Waals surface area contributed by atoms with Crippen LogP contribution in [-0.4, -0.2) is 28.7 Å². The summed E-state index contributed by atoms with van der Waals surface area (Å²) in [5.41, 5.74) is 6.16. The van der Waals surface area contributed by atoms with Crippen molar-refractivity contribution in [3.05, 3.63) is 34.5 Å². The first-order chi connectivity index (χ1) is 8.50. The SMILES string of the molecule is CN1C(=O)c2nc(N)c3ccc(Cl)cc3c2C1=O. The Bertz CT molecular complexity index is 727. The number of carbonyl (C=O) groups is 2. The minimum absolute atomic E-state index is 0.0924. The lowest BCUT2D eigenvalue weighted by Crippen LogP contribution is -2.24. The van der Waals surface area contributed by atoms with Crippen molar-refractivity contribution in [3.63, 3.8) is 0 Å². The highest BCUT2D eigenvalue weighted by molar-refractivity contribution is 6.32. The molecule has 0 unspecified atom stereocenters. The summed E-state index contributed by atoms with van der Waals surface area (Å²) in [6.07, 6.45) is 0. The molecule has 1 aliphatic heterocycles. The molecule has 90 valence electrons. The molecule has 0 atom stereocenters. The quantitative estimate of drug-likeness (QED) is 0.732. The molecular weight excluding hydrogens is 254 g/mol. The van der Waals surface area contributed by atoms with Gasteiger partial charge in [0.15, 0.2) is 0 Å². The summed E-state index contributed by atoms with van der Waals surface area (Å²) >= 11 is 5.92. The van der Waals surface area contributed by atoms with E-state index < -0.39 is 5.91 Å². The normalized spacial score (nSPS) is 14.4. The number of rotatable bonds is 0. The van der Waals surface area contributed by atoms with Crippen molar-refractivity contribution in [3.8, 4) is 0 Å². The Morgan fingerprint density at radius 1 is 1.22 bits per heavy atom. The van der Waals surface area contributed by atoms with Crippen molar-refractivity contribution in [1.82, 2.24) is 9.88 Å². The number of fused-ring (bicyclic) bond motifs is 3. The maximum atomic E-state index is 12.0. The second kappa shape index (κ2) is 3.43. The van der Waals surface area contributed by atoms with Crippen molar-refractivity contribution in [2.24, 2.45) is 0 Å². The molecule has 0 aliphatic carbocycles. The fraction of sp³-hybridized carbons (Fsp3) is 0.0833. The van der Waals surface area contributed by atoms with Crippen LogP contribution in [0.4, 0.5) is 5.82 Å². The third-order valence-electron chi connectivity index (χ3n) is 3.02. The number of pyridine rings is 1.